The van der Waals surface area contributed by atoms with Gasteiger partial charge in [0.15, 0.2) is 43.5 Å². The first-order chi connectivity index (χ1) is 44.6. The van der Waals surface area contributed by atoms with Gasteiger partial charge in [0.1, 0.15) is 134 Å². The molecule has 8 heterocycles. The standard InChI is InChI=1S/C63H104O31/c1-22-9-14-63(81-21-22)23(2)36-31(94-63)16-30-28-8-7-26-15-27(10-12-61(26,5)29(28)11-13-62(30,36)6)84-56-46(77)42(73)51(33(18-65)86-56)90-59-49(80)53(39(70)32(17-64)85-59)92-57-47(78)44(75)52(35(20-67)87-57)91-60-54(41(72)38(69)25(4)83-60)93-58-48(79)43(74)50(34(19-66)88-58)89-55-45(76)40(71)37(68)24(3)82-55/h22-60,64-80H,7-21H2,1-6H3. The third-order valence-corrected chi connectivity index (χ3v) is 24.5. The van der Waals surface area contributed by atoms with Gasteiger partial charge in [0.2, 0.25) is 0 Å². The maximum Gasteiger partial charge on any atom is 0.187 e. The van der Waals surface area contributed by atoms with Gasteiger partial charge in [-0.1, -0.05) is 27.7 Å². The fourth-order valence-corrected chi connectivity index (χ4v) is 19.0. The Labute approximate surface area is 544 Å². The Morgan fingerprint density at radius 2 is 0.840 bits per heavy atom. The van der Waals surface area contributed by atoms with E-state index in [1.165, 1.54) is 13.8 Å². The predicted octanol–water partition coefficient (Wildman–Crippen LogP) is -5.21. The normalized spacial score (nSPS) is 57.8. The highest BCUT2D eigenvalue weighted by Crippen LogP contribution is 2.71. The quantitative estimate of drug-likeness (QED) is 0.0642. The van der Waals surface area contributed by atoms with Gasteiger partial charge in [-0.3, -0.25) is 0 Å². The van der Waals surface area contributed by atoms with E-state index in [1.807, 2.05) is 0 Å². The average Bonchev–Trinajstić information content (AvgIpc) is 1.51. The van der Waals surface area contributed by atoms with E-state index in [1.54, 1.807) is 0 Å². The second-order valence-corrected chi connectivity index (χ2v) is 29.9. The number of ether oxygens (including phenoxy) is 14. The van der Waals surface area contributed by atoms with Crippen LogP contribution in [0.15, 0.2) is 0 Å². The van der Waals surface area contributed by atoms with Gasteiger partial charge in [0, 0.05) is 12.3 Å². The number of aliphatic hydroxyl groups is 17. The molecule has 31 heteroatoms. The minimum atomic E-state index is -2.19. The molecule has 0 bridgehead atoms. The van der Waals surface area contributed by atoms with Crippen molar-refractivity contribution in [2.45, 2.75) is 308 Å². The molecule has 0 aromatic rings. The first kappa shape index (κ1) is 72.5. The van der Waals surface area contributed by atoms with Crippen molar-refractivity contribution in [1.82, 2.24) is 0 Å². The van der Waals surface area contributed by atoms with Crippen molar-refractivity contribution in [3.63, 3.8) is 0 Å². The molecule has 12 fully saturated rings. The first-order valence-corrected chi connectivity index (χ1v) is 34.1. The van der Waals surface area contributed by atoms with E-state index >= 15 is 0 Å². The zero-order valence-corrected chi connectivity index (χ0v) is 53.9. The highest BCUT2D eigenvalue weighted by atomic mass is 16.8. The van der Waals surface area contributed by atoms with Gasteiger partial charge in [-0.25, -0.2) is 0 Å². The second-order valence-electron chi connectivity index (χ2n) is 29.9. The molecule has 542 valence electrons. The summed E-state index contributed by atoms with van der Waals surface area (Å²) in [6, 6.07) is 0. The molecule has 0 radical (unpaired) electrons. The van der Waals surface area contributed by atoms with Gasteiger partial charge in [0.25, 0.3) is 0 Å². The van der Waals surface area contributed by atoms with E-state index in [-0.39, 0.29) is 23.0 Å². The second kappa shape index (κ2) is 28.5. The topological polar surface area (TPSA) is 473 Å². The van der Waals surface area contributed by atoms with Crippen molar-refractivity contribution in [2.24, 2.45) is 52.3 Å². The lowest BCUT2D eigenvalue weighted by molar-refractivity contribution is -0.401. The SMILES string of the molecule is CC1CCC2(OC1)OC1CC3C4CCC5CC(OC6OC(CO)C(OC7OC(CO)C(O)C(OC8OC(CO)C(OC9OC(C)C(O)C(O)C9OC9OC(CO)C(OC%10OC(C)C(O)C(O)C%10O)C(O)C9O)C(O)C8O)C7O)C(O)C6O)CCC5(C)C4CCC3(C)C1C2C. The largest absolute Gasteiger partial charge is 0.394 e. The molecule has 0 aromatic heterocycles. The van der Waals surface area contributed by atoms with Crippen LogP contribution in [0.1, 0.15) is 106 Å². The van der Waals surface area contributed by atoms with Crippen molar-refractivity contribution in [1.29, 1.82) is 0 Å². The van der Waals surface area contributed by atoms with Crippen LogP contribution >= 0.6 is 0 Å². The Kier molecular flexibility index (Phi) is 22.0. The van der Waals surface area contributed by atoms with Gasteiger partial charge in [-0.05, 0) is 118 Å². The highest BCUT2D eigenvalue weighted by molar-refractivity contribution is 5.16. The predicted molar refractivity (Wildman–Crippen MR) is 311 cm³/mol. The smallest absolute Gasteiger partial charge is 0.187 e. The molecule has 17 N–H and O–H groups in total. The minimum absolute atomic E-state index is 0.0700. The number of fused-ring (bicyclic) bond motifs is 7. The van der Waals surface area contributed by atoms with Crippen molar-refractivity contribution in [2.75, 3.05) is 33.0 Å². The highest BCUT2D eigenvalue weighted by Gasteiger charge is 2.70. The van der Waals surface area contributed by atoms with Gasteiger partial charge in [-0.2, -0.15) is 0 Å². The summed E-state index contributed by atoms with van der Waals surface area (Å²) in [6.45, 7) is 9.40. The van der Waals surface area contributed by atoms with Crippen LogP contribution in [-0.2, 0) is 66.3 Å². The summed E-state index contributed by atoms with van der Waals surface area (Å²) in [5, 5.41) is 188. The Morgan fingerprint density at radius 3 is 1.39 bits per heavy atom. The Balaban J connectivity index is 0.656. The number of hydrogen-bond donors (Lipinski definition) is 17. The van der Waals surface area contributed by atoms with Crippen molar-refractivity contribution >= 4 is 0 Å². The summed E-state index contributed by atoms with van der Waals surface area (Å²) >= 11 is 0. The Morgan fingerprint density at radius 1 is 0.383 bits per heavy atom. The van der Waals surface area contributed by atoms with Gasteiger partial charge in [-0.15, -0.1) is 0 Å². The zero-order chi connectivity index (χ0) is 67.5. The maximum absolute atomic E-state index is 11.8. The van der Waals surface area contributed by atoms with E-state index < -0.39 is 216 Å². The van der Waals surface area contributed by atoms with E-state index in [9.17, 15) is 86.8 Å². The molecule has 8 saturated heterocycles. The zero-order valence-electron chi connectivity index (χ0n) is 53.9. The molecule has 4 saturated carbocycles. The van der Waals surface area contributed by atoms with Crippen LogP contribution in [0.2, 0.25) is 0 Å². The monoisotopic (exact) mass is 1360 g/mol. The summed E-state index contributed by atoms with van der Waals surface area (Å²) in [5.74, 6) is 2.91. The van der Waals surface area contributed by atoms with Gasteiger partial charge >= 0.3 is 0 Å². The summed E-state index contributed by atoms with van der Waals surface area (Å²) in [7, 11) is 0. The third-order valence-electron chi connectivity index (χ3n) is 24.5. The van der Waals surface area contributed by atoms with E-state index in [2.05, 4.69) is 27.7 Å². The van der Waals surface area contributed by atoms with Crippen LogP contribution in [0.4, 0.5) is 0 Å². The summed E-state index contributed by atoms with van der Waals surface area (Å²) in [5.41, 5.74) is 0.250. The lowest BCUT2D eigenvalue weighted by Crippen LogP contribution is -2.68. The Bertz CT molecular complexity index is 2480. The molecule has 0 aromatic carbocycles. The van der Waals surface area contributed by atoms with Crippen LogP contribution < -0.4 is 0 Å². The van der Waals surface area contributed by atoms with Gasteiger partial charge in [0.05, 0.1) is 57.5 Å². The maximum atomic E-state index is 11.8. The van der Waals surface area contributed by atoms with Crippen LogP contribution in [0.3, 0.4) is 0 Å². The molecule has 1 spiro atoms. The average molecular weight is 1360 g/mol. The van der Waals surface area contributed by atoms with Crippen LogP contribution in [0, 0.1) is 52.3 Å². The van der Waals surface area contributed by atoms with E-state index in [4.69, 9.17) is 66.3 Å². The molecule has 42 atom stereocenters. The third kappa shape index (κ3) is 12.8. The van der Waals surface area contributed by atoms with Crippen molar-refractivity contribution in [3.05, 3.63) is 0 Å². The molecular weight excluding hydrogens is 1250 g/mol. The number of hydrogen-bond acceptors (Lipinski definition) is 31. The molecule has 12 aliphatic rings. The summed E-state index contributed by atoms with van der Waals surface area (Å²) < 4.78 is 84.4. The van der Waals surface area contributed by atoms with Crippen LogP contribution in [-0.4, -0.2) is 322 Å². The molecule has 0 amide bonds. The van der Waals surface area contributed by atoms with E-state index in [0.29, 0.717) is 54.3 Å². The molecular formula is C63H104O31. The summed E-state index contributed by atoms with van der Waals surface area (Å²) in [6.07, 6.45) is -43.6. The molecule has 12 rings (SSSR count). The molecule has 94 heavy (non-hydrogen) atoms. The minimum Gasteiger partial charge on any atom is -0.394 e. The van der Waals surface area contributed by atoms with Gasteiger partial charge < -0.3 is 153 Å². The molecule has 4 aliphatic carbocycles. The van der Waals surface area contributed by atoms with Crippen LogP contribution in [0.25, 0.3) is 0 Å². The lowest BCUT2D eigenvalue weighted by Gasteiger charge is -2.61. The Hall–Kier alpha value is -1.24. The van der Waals surface area contributed by atoms with E-state index in [0.717, 1.165) is 58.0 Å². The lowest BCUT2D eigenvalue weighted by atomic mass is 9.44. The molecule has 42 unspecified atom stereocenters. The number of rotatable bonds is 16. The van der Waals surface area contributed by atoms with Crippen molar-refractivity contribution < 1.29 is 153 Å². The fourth-order valence-electron chi connectivity index (χ4n) is 19.0. The summed E-state index contributed by atoms with van der Waals surface area (Å²) in [4.78, 5) is 0. The number of aliphatic hydroxyl groups excluding tert-OH is 17. The van der Waals surface area contributed by atoms with Crippen LogP contribution in [0.5, 0.6) is 0 Å². The molecule has 8 aliphatic heterocycles. The molecule has 31 nitrogen and oxygen atoms in total. The first-order valence-electron chi connectivity index (χ1n) is 34.1. The fraction of sp³-hybridized carbons (Fsp3) is 1.00. The van der Waals surface area contributed by atoms with Crippen molar-refractivity contribution in [3.8, 4) is 0 Å².